The predicted molar refractivity (Wildman–Crippen MR) is 122 cm³/mol. The van der Waals surface area contributed by atoms with Gasteiger partial charge in [-0.2, -0.15) is 0 Å². The molecule has 5 rings (SSSR count). The maximum atomic E-state index is 12.9. The van der Waals surface area contributed by atoms with Crippen molar-refractivity contribution in [2.75, 3.05) is 17.8 Å². The highest BCUT2D eigenvalue weighted by atomic mass is 35.5. The molecule has 3 aromatic carbocycles. The van der Waals surface area contributed by atoms with Crippen LogP contribution in [-0.4, -0.2) is 32.2 Å². The summed E-state index contributed by atoms with van der Waals surface area (Å²) in [6.07, 6.45) is 2.19. The van der Waals surface area contributed by atoms with Gasteiger partial charge in [-0.1, -0.05) is 29.8 Å². The van der Waals surface area contributed by atoms with Crippen molar-refractivity contribution in [3.05, 3.63) is 77.3 Å². The first-order valence-corrected chi connectivity index (χ1v) is 11.9. The van der Waals surface area contributed by atoms with E-state index in [1.807, 2.05) is 24.3 Å². The van der Waals surface area contributed by atoms with Crippen LogP contribution in [0.3, 0.4) is 0 Å². The molecule has 0 bridgehead atoms. The molecule has 0 saturated carbocycles. The number of anilines is 1. The van der Waals surface area contributed by atoms with Crippen molar-refractivity contribution < 1.29 is 13.2 Å². The molecule has 0 unspecified atom stereocenters. The summed E-state index contributed by atoms with van der Waals surface area (Å²) in [5, 5.41) is 0.361. The quantitative estimate of drug-likeness (QED) is 0.574. The van der Waals surface area contributed by atoms with Crippen molar-refractivity contribution in [1.82, 2.24) is 4.90 Å². The van der Waals surface area contributed by atoms with E-state index in [0.29, 0.717) is 22.2 Å². The smallest absolute Gasteiger partial charge is 0.261 e. The summed E-state index contributed by atoms with van der Waals surface area (Å²) in [6, 6.07) is 19.0. The zero-order chi connectivity index (χ0) is 21.4. The van der Waals surface area contributed by atoms with E-state index < -0.39 is 10.0 Å². The molecule has 0 aromatic heterocycles. The number of nitrogens with zero attached hydrogens (tertiary/aromatic N) is 2. The van der Waals surface area contributed by atoms with Crippen LogP contribution in [0.15, 0.2) is 76.6 Å². The minimum absolute atomic E-state index is 0.104. The summed E-state index contributed by atoms with van der Waals surface area (Å²) in [5.41, 5.74) is 1.94. The highest BCUT2D eigenvalue weighted by Gasteiger charge is 2.26. The number of fused-ring (bicyclic) bond motifs is 2. The zero-order valence-corrected chi connectivity index (χ0v) is 18.2. The van der Waals surface area contributed by atoms with Gasteiger partial charge in [-0.25, -0.2) is 13.4 Å². The van der Waals surface area contributed by atoms with Gasteiger partial charge < -0.3 is 9.64 Å². The van der Waals surface area contributed by atoms with Crippen LogP contribution in [0.5, 0.6) is 11.5 Å². The minimum atomic E-state index is -3.79. The number of para-hydroxylation sites is 2. The van der Waals surface area contributed by atoms with Gasteiger partial charge in [0.2, 0.25) is 0 Å². The van der Waals surface area contributed by atoms with Crippen molar-refractivity contribution in [3.8, 4) is 11.5 Å². The third-order valence-electron chi connectivity index (χ3n) is 5.30. The Bertz CT molecular complexity index is 1280. The average Bonchev–Trinajstić information content (AvgIpc) is 3.23. The number of ether oxygens (including phenoxy) is 1. The molecule has 0 radical (unpaired) electrons. The second-order valence-electron chi connectivity index (χ2n) is 7.47. The number of hydrogen-bond donors (Lipinski definition) is 1. The van der Waals surface area contributed by atoms with Crippen molar-refractivity contribution in [1.29, 1.82) is 0 Å². The van der Waals surface area contributed by atoms with Crippen LogP contribution < -0.4 is 9.46 Å². The number of sulfonamides is 1. The van der Waals surface area contributed by atoms with Crippen molar-refractivity contribution in [3.63, 3.8) is 0 Å². The molecule has 1 N–H and O–H groups in total. The van der Waals surface area contributed by atoms with Gasteiger partial charge >= 0.3 is 0 Å². The first-order valence-electron chi connectivity index (χ1n) is 10.0. The number of aliphatic imine (C=N–C) groups is 1. The minimum Gasteiger partial charge on any atom is -0.454 e. The Hall–Kier alpha value is -3.03. The number of benzene rings is 3. The summed E-state index contributed by atoms with van der Waals surface area (Å²) in [7, 11) is -3.79. The molecule has 2 heterocycles. The van der Waals surface area contributed by atoms with Crippen molar-refractivity contribution in [2.45, 2.75) is 17.7 Å². The van der Waals surface area contributed by atoms with Crippen LogP contribution >= 0.6 is 11.6 Å². The maximum Gasteiger partial charge on any atom is 0.261 e. The third-order valence-corrected chi connectivity index (χ3v) is 6.91. The Labute approximate surface area is 186 Å². The number of rotatable bonds is 3. The standard InChI is InChI=1S/C23H20ClN3O3S/c24-16-6-5-7-18(14-16)31(28,29)26-17-10-11-21-19(15-17)23(27-12-3-4-13-27)25-20-8-1-2-9-22(20)30-21/h1-2,5-11,14-15,26H,3-4,12-13H2. The summed E-state index contributed by atoms with van der Waals surface area (Å²) < 4.78 is 34.5. The van der Waals surface area contributed by atoms with Gasteiger partial charge in [0.05, 0.1) is 10.5 Å². The number of amidine groups is 1. The Balaban J connectivity index is 1.56. The van der Waals surface area contributed by atoms with Gasteiger partial charge in [0, 0.05) is 23.8 Å². The molecule has 1 fully saturated rings. The van der Waals surface area contributed by atoms with E-state index in [-0.39, 0.29) is 4.90 Å². The summed E-state index contributed by atoms with van der Waals surface area (Å²) in [6.45, 7) is 1.80. The molecule has 0 aliphatic carbocycles. The normalized spacial score (nSPS) is 15.4. The van der Waals surface area contributed by atoms with E-state index in [4.69, 9.17) is 21.3 Å². The van der Waals surface area contributed by atoms with Gasteiger partial charge in [-0.05, 0) is 61.4 Å². The Morgan fingerprint density at radius 1 is 0.935 bits per heavy atom. The SMILES string of the molecule is O=S(=O)(Nc1ccc2c(c1)C(N1CCCC1)=Nc1ccccc1O2)c1cccc(Cl)c1. The van der Waals surface area contributed by atoms with Crippen LogP contribution in [0.4, 0.5) is 11.4 Å². The van der Waals surface area contributed by atoms with Gasteiger partial charge in [0.1, 0.15) is 17.3 Å². The number of halogens is 1. The molecule has 0 amide bonds. The molecule has 8 heteroatoms. The highest BCUT2D eigenvalue weighted by Crippen LogP contribution is 2.39. The number of nitrogens with one attached hydrogen (secondary N) is 1. The molecule has 3 aromatic rings. The highest BCUT2D eigenvalue weighted by molar-refractivity contribution is 7.92. The topological polar surface area (TPSA) is 71.0 Å². The lowest BCUT2D eigenvalue weighted by molar-refractivity contribution is 0.481. The molecular formula is C23H20ClN3O3S. The molecule has 2 aliphatic rings. The summed E-state index contributed by atoms with van der Waals surface area (Å²) in [5.74, 6) is 2.10. The van der Waals surface area contributed by atoms with E-state index in [2.05, 4.69) is 9.62 Å². The fraction of sp³-hybridized carbons (Fsp3) is 0.174. The molecule has 31 heavy (non-hydrogen) atoms. The van der Waals surface area contributed by atoms with E-state index in [1.54, 1.807) is 30.3 Å². The van der Waals surface area contributed by atoms with Crippen LogP contribution in [0.1, 0.15) is 18.4 Å². The molecule has 1 saturated heterocycles. The summed E-state index contributed by atoms with van der Waals surface area (Å²) >= 11 is 5.97. The molecule has 0 atom stereocenters. The predicted octanol–water partition coefficient (Wildman–Crippen LogP) is 5.42. The van der Waals surface area contributed by atoms with Gasteiger partial charge in [-0.15, -0.1) is 0 Å². The zero-order valence-electron chi connectivity index (χ0n) is 16.6. The fourth-order valence-electron chi connectivity index (χ4n) is 3.80. The second-order valence-corrected chi connectivity index (χ2v) is 9.59. The maximum absolute atomic E-state index is 12.9. The monoisotopic (exact) mass is 453 g/mol. The molecular weight excluding hydrogens is 434 g/mol. The first-order chi connectivity index (χ1) is 15.0. The molecule has 6 nitrogen and oxygen atoms in total. The number of likely N-dealkylation sites (tertiary alicyclic amines) is 1. The van der Waals surface area contributed by atoms with E-state index in [0.717, 1.165) is 43.0 Å². The summed E-state index contributed by atoms with van der Waals surface area (Å²) in [4.78, 5) is 7.22. The van der Waals surface area contributed by atoms with Crippen molar-refractivity contribution in [2.24, 2.45) is 4.99 Å². The van der Waals surface area contributed by atoms with E-state index in [1.165, 1.54) is 12.1 Å². The van der Waals surface area contributed by atoms with Gasteiger partial charge in [0.25, 0.3) is 10.0 Å². The van der Waals surface area contributed by atoms with E-state index in [9.17, 15) is 8.42 Å². The Morgan fingerprint density at radius 3 is 2.55 bits per heavy atom. The second kappa shape index (κ2) is 7.90. The fourth-order valence-corrected chi connectivity index (χ4v) is 5.15. The van der Waals surface area contributed by atoms with Gasteiger partial charge in [-0.3, -0.25) is 4.72 Å². The first kappa shape index (κ1) is 19.9. The van der Waals surface area contributed by atoms with Gasteiger partial charge in [0.15, 0.2) is 5.75 Å². The van der Waals surface area contributed by atoms with Crippen LogP contribution in [0, 0.1) is 0 Å². The van der Waals surface area contributed by atoms with Crippen LogP contribution in [0.2, 0.25) is 5.02 Å². The average molecular weight is 454 g/mol. The third kappa shape index (κ3) is 3.98. The van der Waals surface area contributed by atoms with Crippen LogP contribution in [-0.2, 0) is 10.0 Å². The lowest BCUT2D eigenvalue weighted by Gasteiger charge is -2.21. The Kier molecular flexibility index (Phi) is 5.08. The van der Waals surface area contributed by atoms with Crippen LogP contribution in [0.25, 0.3) is 0 Å². The largest absolute Gasteiger partial charge is 0.454 e. The lowest BCUT2D eigenvalue weighted by Crippen LogP contribution is -2.28. The van der Waals surface area contributed by atoms with E-state index >= 15 is 0 Å². The molecule has 0 spiro atoms. The molecule has 158 valence electrons. The number of hydrogen-bond acceptors (Lipinski definition) is 5. The molecule has 2 aliphatic heterocycles. The lowest BCUT2D eigenvalue weighted by atomic mass is 10.1. The Morgan fingerprint density at radius 2 is 1.74 bits per heavy atom. The van der Waals surface area contributed by atoms with Crippen molar-refractivity contribution >= 4 is 38.8 Å².